The first-order chi connectivity index (χ1) is 18.9. The molecule has 1 amide bonds. The number of methoxy groups -OCH3 is 2. The number of ether oxygens (including phenoxy) is 2. The molecule has 0 radical (unpaired) electrons. The molecule has 0 aliphatic heterocycles. The summed E-state index contributed by atoms with van der Waals surface area (Å²) in [6, 6.07) is 17.8. The summed E-state index contributed by atoms with van der Waals surface area (Å²) in [6.45, 7) is 0.571. The van der Waals surface area contributed by atoms with Crippen LogP contribution >= 0.6 is 11.6 Å². The summed E-state index contributed by atoms with van der Waals surface area (Å²) in [4.78, 5) is 25.2. The standard InChI is InChI=1S/C25H22ClN7O5S/c1-37-13-12-27-32-31-25(34)16-6-5-7-17(14-16)33(39(35)36)24-23(28-20-8-3-4-9-21(20)30-24)29-22-15-18(38-2)10-11-19(22)26/h3-11,14-15H,12-13H2,1-2H3,(H-,28,29,35,36). The molecule has 1 aromatic heterocycles. The molecule has 1 heterocycles. The van der Waals surface area contributed by atoms with Gasteiger partial charge in [0.15, 0.2) is 11.6 Å². The first-order valence-electron chi connectivity index (χ1n) is 11.4. The summed E-state index contributed by atoms with van der Waals surface area (Å²) in [7, 11) is 3.03. The molecule has 0 spiro atoms. The zero-order chi connectivity index (χ0) is 27.8. The number of nitrogens with zero attached hydrogens (tertiary/aromatic N) is 6. The number of hydrogen-bond donors (Lipinski definition) is 1. The molecule has 1 N–H and O–H groups in total. The molecule has 1 unspecified atom stereocenters. The number of anilines is 4. The third-order valence-corrected chi connectivity index (χ3v) is 6.25. The fraction of sp³-hybridized carbons (Fsp3) is 0.160. The molecule has 0 saturated carbocycles. The van der Waals surface area contributed by atoms with Gasteiger partial charge in [0.05, 0.1) is 58.0 Å². The monoisotopic (exact) mass is 567 g/mol. The van der Waals surface area contributed by atoms with Crippen molar-refractivity contribution >= 4 is 62.8 Å². The van der Waals surface area contributed by atoms with E-state index >= 15 is 0 Å². The number of amides is 1. The largest absolute Gasteiger partial charge is 0.755 e. The van der Waals surface area contributed by atoms with Crippen LogP contribution in [0.25, 0.3) is 11.0 Å². The minimum Gasteiger partial charge on any atom is -0.755 e. The van der Waals surface area contributed by atoms with Crippen LogP contribution in [-0.4, -0.2) is 52.0 Å². The number of fused-ring (bicyclic) bond motifs is 1. The van der Waals surface area contributed by atoms with Gasteiger partial charge in [-0.25, -0.2) is 9.97 Å². The lowest BCUT2D eigenvalue weighted by Crippen LogP contribution is -2.22. The Balaban J connectivity index is 1.80. The van der Waals surface area contributed by atoms with Crippen molar-refractivity contribution in [2.24, 2.45) is 10.2 Å². The fourth-order valence-electron chi connectivity index (χ4n) is 3.42. The Morgan fingerprint density at radius 3 is 2.59 bits per heavy atom. The summed E-state index contributed by atoms with van der Waals surface area (Å²) >= 11 is 3.51. The lowest BCUT2D eigenvalue weighted by Gasteiger charge is -2.27. The summed E-state index contributed by atoms with van der Waals surface area (Å²) < 4.78 is 36.2. The van der Waals surface area contributed by atoms with Crippen molar-refractivity contribution in [3.05, 3.63) is 77.3 Å². The van der Waals surface area contributed by atoms with E-state index in [1.165, 1.54) is 38.5 Å². The molecule has 4 aromatic rings. The van der Waals surface area contributed by atoms with Gasteiger partial charge in [-0.2, -0.15) is 0 Å². The van der Waals surface area contributed by atoms with E-state index in [9.17, 15) is 13.6 Å². The van der Waals surface area contributed by atoms with Crippen LogP contribution in [0.3, 0.4) is 0 Å². The predicted molar refractivity (Wildman–Crippen MR) is 146 cm³/mol. The zero-order valence-electron chi connectivity index (χ0n) is 20.8. The molecule has 0 aliphatic carbocycles. The molecule has 200 valence electrons. The van der Waals surface area contributed by atoms with E-state index in [1.54, 1.807) is 42.5 Å². The van der Waals surface area contributed by atoms with Crippen LogP contribution in [0.5, 0.6) is 5.75 Å². The Hall–Kier alpha value is -4.26. The van der Waals surface area contributed by atoms with Crippen molar-refractivity contribution in [3.63, 3.8) is 0 Å². The van der Waals surface area contributed by atoms with E-state index < -0.39 is 17.2 Å². The average Bonchev–Trinajstić information content (AvgIpc) is 2.94. The number of benzene rings is 3. The van der Waals surface area contributed by atoms with Crippen molar-refractivity contribution < 1.29 is 23.0 Å². The van der Waals surface area contributed by atoms with Gasteiger partial charge in [0.25, 0.3) is 0 Å². The smallest absolute Gasteiger partial charge is 0.360 e. The topological polar surface area (TPSA) is 156 Å². The highest BCUT2D eigenvalue weighted by molar-refractivity contribution is 7.81. The Bertz CT molecular complexity index is 1600. The molecular formula is C25H22ClN7O5S. The maximum Gasteiger partial charge on any atom is 0.360 e. The highest BCUT2D eigenvalue weighted by Gasteiger charge is 2.22. The third-order valence-electron chi connectivity index (χ3n) is 5.24. The lowest BCUT2D eigenvalue weighted by molar-refractivity contribution is 0.0992. The van der Waals surface area contributed by atoms with Gasteiger partial charge < -0.3 is 19.3 Å². The predicted octanol–water partition coefficient (Wildman–Crippen LogP) is 4.73. The van der Waals surface area contributed by atoms with Crippen molar-refractivity contribution in [1.82, 2.24) is 14.9 Å². The van der Waals surface area contributed by atoms with Crippen molar-refractivity contribution in [3.8, 4) is 5.75 Å². The molecular weight excluding hydrogens is 546 g/mol. The van der Waals surface area contributed by atoms with Crippen LogP contribution in [0.15, 0.2) is 77.0 Å². The van der Waals surface area contributed by atoms with Gasteiger partial charge in [0, 0.05) is 13.2 Å². The Labute approximate surface area is 230 Å². The highest BCUT2D eigenvalue weighted by atomic mass is 35.5. The second-order valence-electron chi connectivity index (χ2n) is 7.77. The molecule has 4 rings (SSSR count). The Kier molecular flexibility index (Phi) is 9.26. The van der Waals surface area contributed by atoms with Crippen LogP contribution in [0.4, 0.5) is 23.0 Å². The normalized spacial score (nSPS) is 11.4. The molecule has 0 saturated heterocycles. The Morgan fingerprint density at radius 2 is 1.87 bits per heavy atom. The van der Waals surface area contributed by atoms with Gasteiger partial charge in [-0.15, -0.1) is 0 Å². The van der Waals surface area contributed by atoms with Crippen molar-refractivity contribution in [1.29, 1.82) is 0 Å². The molecule has 0 bridgehead atoms. The quantitative estimate of drug-likeness (QED) is 0.125. The minimum absolute atomic E-state index is 0.0540. The number of nitrogens with one attached hydrogen (secondary N) is 1. The Morgan fingerprint density at radius 1 is 1.10 bits per heavy atom. The van der Waals surface area contributed by atoms with Gasteiger partial charge in [-0.1, -0.05) is 29.8 Å². The van der Waals surface area contributed by atoms with E-state index in [0.717, 1.165) is 4.31 Å². The number of halogens is 1. The van der Waals surface area contributed by atoms with E-state index in [4.69, 9.17) is 21.1 Å². The van der Waals surface area contributed by atoms with E-state index in [-0.39, 0.29) is 29.4 Å². The number of carbonyl (C=O) groups is 1. The van der Waals surface area contributed by atoms with E-state index in [2.05, 4.69) is 30.4 Å². The van der Waals surface area contributed by atoms with E-state index in [1.807, 2.05) is 0 Å². The first-order valence-corrected chi connectivity index (χ1v) is 12.8. The first kappa shape index (κ1) is 27.8. The molecule has 0 fully saturated rings. The van der Waals surface area contributed by atoms with Gasteiger partial charge in [-0.3, -0.25) is 13.3 Å². The second-order valence-corrected chi connectivity index (χ2v) is 8.98. The minimum atomic E-state index is -2.87. The molecule has 1 atom stereocenters. The fourth-order valence-corrected chi connectivity index (χ4v) is 4.14. The van der Waals surface area contributed by atoms with Crippen molar-refractivity contribution in [2.75, 3.05) is 37.0 Å². The second kappa shape index (κ2) is 13.0. The number of carbonyl (C=O) groups excluding carboxylic acids is 1. The summed E-state index contributed by atoms with van der Waals surface area (Å²) in [6.07, 6.45) is 0. The summed E-state index contributed by atoms with van der Waals surface area (Å²) in [5.74, 6) is -0.139. The van der Waals surface area contributed by atoms with Crippen molar-refractivity contribution in [2.45, 2.75) is 0 Å². The van der Waals surface area contributed by atoms with Gasteiger partial charge in [0.1, 0.15) is 17.4 Å². The molecule has 14 heteroatoms. The van der Waals surface area contributed by atoms with Gasteiger partial charge in [0.2, 0.25) is 10.0 Å². The van der Waals surface area contributed by atoms with Crippen LogP contribution < -0.4 is 19.3 Å². The van der Waals surface area contributed by atoms with E-state index in [0.29, 0.717) is 34.1 Å². The number of para-hydroxylation sites is 2. The zero-order valence-corrected chi connectivity index (χ0v) is 22.3. The number of hydrogen-bond acceptors (Lipinski definition) is 9. The van der Waals surface area contributed by atoms with Crippen LogP contribution in [0.2, 0.25) is 5.02 Å². The maximum absolute atomic E-state index is 12.6. The molecule has 39 heavy (non-hydrogen) atoms. The number of aromatic nitrogens is 2. The third kappa shape index (κ3) is 6.79. The van der Waals surface area contributed by atoms with Gasteiger partial charge in [-0.05, 0) is 42.5 Å². The van der Waals surface area contributed by atoms with Crippen LogP contribution in [0.1, 0.15) is 10.4 Å². The SMILES string of the molecule is COCCN=[N+]=NC(=O)c1cccc(N(c2nc3ccccc3nc2Nc2cc(OC)ccc2Cl)S(=O)[O-])c1. The van der Waals surface area contributed by atoms with Crippen LogP contribution in [0, 0.1) is 0 Å². The maximum atomic E-state index is 12.6. The average molecular weight is 568 g/mol. The molecule has 12 nitrogen and oxygen atoms in total. The molecule has 3 aromatic carbocycles. The number of rotatable bonds is 10. The van der Waals surface area contributed by atoms with Crippen LogP contribution in [-0.2, 0) is 16.0 Å². The highest BCUT2D eigenvalue weighted by Crippen LogP contribution is 2.36. The molecule has 0 aliphatic rings. The van der Waals surface area contributed by atoms with Gasteiger partial charge >= 0.3 is 5.91 Å². The summed E-state index contributed by atoms with van der Waals surface area (Å²) in [5.41, 5.74) is 1.59. The summed E-state index contributed by atoms with van der Waals surface area (Å²) in [5, 5.41) is 10.7. The lowest BCUT2D eigenvalue weighted by atomic mass is 10.2.